The summed E-state index contributed by atoms with van der Waals surface area (Å²) in [5.41, 5.74) is 1.43. The monoisotopic (exact) mass is 610 g/mol. The van der Waals surface area contributed by atoms with Gasteiger partial charge in [-0.3, -0.25) is 9.59 Å². The minimum absolute atomic E-state index is 0.168. The van der Waals surface area contributed by atoms with Gasteiger partial charge in [-0.05, 0) is 63.1 Å². The van der Waals surface area contributed by atoms with Crippen LogP contribution in [0.3, 0.4) is 0 Å². The van der Waals surface area contributed by atoms with Crippen LogP contribution < -0.4 is 0 Å². The van der Waals surface area contributed by atoms with Crippen molar-refractivity contribution in [1.82, 2.24) is 9.80 Å². The molecule has 2 fully saturated rings. The number of morpholine rings is 2. The Hall–Kier alpha value is -2.17. The highest BCUT2D eigenvalue weighted by Crippen LogP contribution is 2.44. The molecule has 11 heteroatoms. The molecule has 8 nitrogen and oxygen atoms in total. The number of ether oxygens (including phenoxy) is 2. The lowest BCUT2D eigenvalue weighted by molar-refractivity contribution is -0.181. The van der Waals surface area contributed by atoms with Crippen LogP contribution in [0.25, 0.3) is 0 Å². The molecule has 0 unspecified atom stereocenters. The SMILES string of the molecule is C[C@@H](CS(=O)(=O)C(C)(C)C)N1C(=O)[C@H](CC(=O)N2CCOCC2)O[C@H](c2cccc(Cl)c2)[C@H]1c1ccc(Cl)cc1. The number of carbonyl (C=O) groups excluding carboxylic acids is 2. The molecule has 218 valence electrons. The number of hydrogen-bond donors (Lipinski definition) is 0. The van der Waals surface area contributed by atoms with Crippen LogP contribution in [0, 0.1) is 0 Å². The number of halogens is 2. The van der Waals surface area contributed by atoms with Crippen molar-refractivity contribution >= 4 is 44.9 Å². The van der Waals surface area contributed by atoms with E-state index >= 15 is 0 Å². The van der Waals surface area contributed by atoms with Crippen molar-refractivity contribution in [1.29, 1.82) is 0 Å². The molecule has 0 saturated carbocycles. The van der Waals surface area contributed by atoms with Crippen LogP contribution in [0.2, 0.25) is 10.0 Å². The van der Waals surface area contributed by atoms with Gasteiger partial charge < -0.3 is 19.3 Å². The van der Waals surface area contributed by atoms with Gasteiger partial charge in [-0.25, -0.2) is 8.42 Å². The molecule has 2 saturated heterocycles. The number of hydrogen-bond acceptors (Lipinski definition) is 6. The van der Waals surface area contributed by atoms with E-state index in [0.29, 0.717) is 41.9 Å². The first kappa shape index (κ1) is 30.8. The van der Waals surface area contributed by atoms with Crippen molar-refractivity contribution < 1.29 is 27.5 Å². The molecule has 0 N–H and O–H groups in total. The number of amides is 2. The molecule has 0 spiro atoms. The first-order valence-electron chi connectivity index (χ1n) is 13.3. The molecule has 2 aliphatic heterocycles. The first-order valence-corrected chi connectivity index (χ1v) is 15.8. The Morgan fingerprint density at radius 3 is 2.27 bits per heavy atom. The van der Waals surface area contributed by atoms with E-state index in [-0.39, 0.29) is 18.1 Å². The Labute approximate surface area is 246 Å². The van der Waals surface area contributed by atoms with Gasteiger partial charge in [0.15, 0.2) is 9.84 Å². The minimum atomic E-state index is -3.59. The van der Waals surface area contributed by atoms with Gasteiger partial charge in [0.05, 0.1) is 36.2 Å². The lowest BCUT2D eigenvalue weighted by atomic mass is 9.90. The third kappa shape index (κ3) is 6.82. The van der Waals surface area contributed by atoms with Gasteiger partial charge >= 0.3 is 0 Å². The summed E-state index contributed by atoms with van der Waals surface area (Å²) in [5, 5.41) is 1.01. The molecule has 4 atom stereocenters. The maximum Gasteiger partial charge on any atom is 0.253 e. The molecular weight excluding hydrogens is 575 g/mol. The smallest absolute Gasteiger partial charge is 0.253 e. The molecule has 2 aromatic rings. The van der Waals surface area contributed by atoms with Gasteiger partial charge in [-0.1, -0.05) is 47.5 Å². The van der Waals surface area contributed by atoms with E-state index in [1.165, 1.54) is 0 Å². The Kier molecular flexibility index (Phi) is 9.52. The second-order valence-electron chi connectivity index (χ2n) is 11.3. The molecule has 4 rings (SSSR count). The van der Waals surface area contributed by atoms with Gasteiger partial charge in [0.1, 0.15) is 12.2 Å². The van der Waals surface area contributed by atoms with Crippen molar-refractivity contribution in [2.75, 3.05) is 32.1 Å². The van der Waals surface area contributed by atoms with E-state index in [4.69, 9.17) is 32.7 Å². The average molecular weight is 612 g/mol. The maximum atomic E-state index is 14.2. The topological polar surface area (TPSA) is 93.2 Å². The standard InChI is InChI=1S/C29H36Cl2N2O6S/c1-19(18-40(36,37)29(2,3)4)33-26(20-8-10-22(30)11-9-20)27(21-6-5-7-23(31)16-21)39-24(28(33)35)17-25(34)32-12-14-38-15-13-32/h5-11,16,19,24,26-27H,12-15,17-18H2,1-4H3/t19-,24-,26+,27+/m0/s1. The summed E-state index contributed by atoms with van der Waals surface area (Å²) in [4.78, 5) is 30.6. The maximum absolute atomic E-state index is 14.2. The largest absolute Gasteiger partial charge is 0.378 e. The summed E-state index contributed by atoms with van der Waals surface area (Å²) in [6.45, 7) is 8.41. The summed E-state index contributed by atoms with van der Waals surface area (Å²) in [6, 6.07) is 12.8. The fraction of sp³-hybridized carbons (Fsp3) is 0.517. The van der Waals surface area contributed by atoms with Gasteiger partial charge in [0, 0.05) is 29.2 Å². The molecular formula is C29H36Cl2N2O6S. The van der Waals surface area contributed by atoms with Crippen molar-refractivity contribution in [3.05, 3.63) is 69.7 Å². The van der Waals surface area contributed by atoms with Gasteiger partial charge in [0.2, 0.25) is 5.91 Å². The van der Waals surface area contributed by atoms with E-state index in [2.05, 4.69) is 0 Å². The van der Waals surface area contributed by atoms with Crippen LogP contribution in [-0.2, 0) is 28.9 Å². The molecule has 2 heterocycles. The summed E-state index contributed by atoms with van der Waals surface area (Å²) >= 11 is 12.5. The summed E-state index contributed by atoms with van der Waals surface area (Å²) in [7, 11) is -3.59. The zero-order valence-corrected chi connectivity index (χ0v) is 25.5. The zero-order chi connectivity index (χ0) is 29.2. The van der Waals surface area contributed by atoms with Gasteiger partial charge in [-0.2, -0.15) is 0 Å². The van der Waals surface area contributed by atoms with Crippen LogP contribution in [0.1, 0.15) is 57.4 Å². The molecule has 2 aliphatic rings. The molecule has 40 heavy (non-hydrogen) atoms. The van der Waals surface area contributed by atoms with Crippen molar-refractivity contribution in [2.24, 2.45) is 0 Å². The molecule has 0 aliphatic carbocycles. The fourth-order valence-electron chi connectivity index (χ4n) is 5.07. The lowest BCUT2D eigenvalue weighted by Crippen LogP contribution is -2.57. The van der Waals surface area contributed by atoms with E-state index in [1.807, 2.05) is 6.07 Å². The van der Waals surface area contributed by atoms with Crippen LogP contribution in [-0.4, -0.2) is 79.0 Å². The summed E-state index contributed by atoms with van der Waals surface area (Å²) in [6.07, 6.45) is -2.00. The number of rotatable bonds is 7. The van der Waals surface area contributed by atoms with E-state index in [0.717, 1.165) is 5.56 Å². The molecule has 2 amide bonds. The number of benzene rings is 2. The zero-order valence-electron chi connectivity index (χ0n) is 23.2. The van der Waals surface area contributed by atoms with Crippen LogP contribution in [0.15, 0.2) is 48.5 Å². The molecule has 2 aromatic carbocycles. The number of carbonyl (C=O) groups is 2. The second kappa shape index (κ2) is 12.4. The first-order chi connectivity index (χ1) is 18.8. The third-order valence-electron chi connectivity index (χ3n) is 7.41. The summed E-state index contributed by atoms with van der Waals surface area (Å²) < 4.78 is 37.4. The minimum Gasteiger partial charge on any atom is -0.378 e. The van der Waals surface area contributed by atoms with E-state index in [1.54, 1.807) is 80.0 Å². The predicted octanol–water partition coefficient (Wildman–Crippen LogP) is 4.85. The highest BCUT2D eigenvalue weighted by Gasteiger charge is 2.48. The van der Waals surface area contributed by atoms with Crippen molar-refractivity contribution in [3.63, 3.8) is 0 Å². The molecule has 0 bridgehead atoms. The quantitative estimate of drug-likeness (QED) is 0.445. The average Bonchev–Trinajstić information content (AvgIpc) is 2.89. The Morgan fingerprint density at radius 1 is 1.02 bits per heavy atom. The number of sulfone groups is 1. The molecule has 0 radical (unpaired) electrons. The van der Waals surface area contributed by atoms with E-state index in [9.17, 15) is 18.0 Å². The third-order valence-corrected chi connectivity index (χ3v) is 10.7. The Bertz CT molecular complexity index is 1320. The predicted molar refractivity (Wildman–Crippen MR) is 155 cm³/mol. The van der Waals surface area contributed by atoms with Gasteiger partial charge in [-0.15, -0.1) is 0 Å². The lowest BCUT2D eigenvalue weighted by Gasteiger charge is -2.47. The second-order valence-corrected chi connectivity index (χ2v) is 14.9. The highest BCUT2D eigenvalue weighted by molar-refractivity contribution is 7.92. The van der Waals surface area contributed by atoms with Crippen LogP contribution in [0.5, 0.6) is 0 Å². The molecule has 0 aromatic heterocycles. The normalized spacial score (nSPS) is 23.2. The Balaban J connectivity index is 1.79. The van der Waals surface area contributed by atoms with Crippen molar-refractivity contribution in [3.8, 4) is 0 Å². The van der Waals surface area contributed by atoms with Crippen LogP contribution in [0.4, 0.5) is 0 Å². The van der Waals surface area contributed by atoms with Gasteiger partial charge in [0.25, 0.3) is 5.91 Å². The Morgan fingerprint density at radius 2 is 1.68 bits per heavy atom. The summed E-state index contributed by atoms with van der Waals surface area (Å²) in [5.74, 6) is -0.901. The van der Waals surface area contributed by atoms with Crippen LogP contribution >= 0.6 is 23.2 Å². The van der Waals surface area contributed by atoms with Crippen molar-refractivity contribution in [2.45, 2.75) is 63.2 Å². The number of nitrogens with zero attached hydrogens (tertiary/aromatic N) is 2. The highest BCUT2D eigenvalue weighted by atomic mass is 35.5. The van der Waals surface area contributed by atoms with E-state index < -0.39 is 44.8 Å². The fourth-order valence-corrected chi connectivity index (χ4v) is 6.69.